The number of nitrogen functional groups attached to an aromatic ring is 1. The van der Waals surface area contributed by atoms with Gasteiger partial charge >= 0.3 is 6.18 Å². The van der Waals surface area contributed by atoms with Crippen LogP contribution in [0.3, 0.4) is 0 Å². The van der Waals surface area contributed by atoms with Crippen molar-refractivity contribution in [1.29, 1.82) is 0 Å². The number of alkyl halides is 3. The van der Waals surface area contributed by atoms with Crippen molar-refractivity contribution in [2.24, 2.45) is 5.73 Å². The number of anilines is 3. The molecule has 0 saturated carbocycles. The minimum absolute atomic E-state index is 0.0208. The summed E-state index contributed by atoms with van der Waals surface area (Å²) in [5.41, 5.74) is 11.2. The van der Waals surface area contributed by atoms with Gasteiger partial charge in [-0.05, 0) is 0 Å². The average molecular weight is 276 g/mol. The molecule has 1 aromatic rings. The van der Waals surface area contributed by atoms with Crippen LogP contribution >= 0.6 is 0 Å². The van der Waals surface area contributed by atoms with Gasteiger partial charge in [0.1, 0.15) is 11.6 Å². The van der Waals surface area contributed by atoms with E-state index in [1.54, 1.807) is 6.07 Å². The molecule has 19 heavy (non-hydrogen) atoms. The molecular formula is C10H15F3N6. The summed E-state index contributed by atoms with van der Waals surface area (Å²) in [7, 11) is 0. The van der Waals surface area contributed by atoms with Crippen LogP contribution in [0, 0.1) is 0 Å². The third-order valence-electron chi connectivity index (χ3n) is 2.68. The molecule has 1 aliphatic heterocycles. The van der Waals surface area contributed by atoms with Crippen molar-refractivity contribution in [2.75, 3.05) is 35.6 Å². The number of nitrogens with one attached hydrogen (secondary N) is 1. The molecular weight excluding hydrogens is 261 g/mol. The largest absolute Gasteiger partial charge is 0.390 e. The van der Waals surface area contributed by atoms with Crippen LogP contribution in [0.15, 0.2) is 6.07 Å². The number of hydrogen-bond donors (Lipinski definition) is 3. The van der Waals surface area contributed by atoms with Gasteiger partial charge in [-0.2, -0.15) is 23.1 Å². The Morgan fingerprint density at radius 3 is 2.63 bits per heavy atom. The topological polar surface area (TPSA) is 93.1 Å². The fourth-order valence-corrected chi connectivity index (χ4v) is 1.74. The lowest BCUT2D eigenvalue weighted by molar-refractivity contribution is -0.131. The third-order valence-corrected chi connectivity index (χ3v) is 2.68. The lowest BCUT2D eigenvalue weighted by Gasteiger charge is -2.37. The second-order valence-corrected chi connectivity index (χ2v) is 4.43. The van der Waals surface area contributed by atoms with E-state index in [1.165, 1.54) is 0 Å². The molecule has 1 fully saturated rings. The van der Waals surface area contributed by atoms with Crippen molar-refractivity contribution >= 4 is 17.6 Å². The van der Waals surface area contributed by atoms with Gasteiger partial charge in [0.15, 0.2) is 0 Å². The zero-order valence-electron chi connectivity index (χ0n) is 10.1. The normalized spacial score (nSPS) is 16.3. The Morgan fingerprint density at radius 2 is 2.05 bits per heavy atom. The molecule has 6 nitrogen and oxygen atoms in total. The Hall–Kier alpha value is -1.77. The minimum atomic E-state index is -4.20. The van der Waals surface area contributed by atoms with E-state index in [9.17, 15) is 13.2 Å². The van der Waals surface area contributed by atoms with E-state index < -0.39 is 12.6 Å². The molecule has 0 aromatic carbocycles. The monoisotopic (exact) mass is 276 g/mol. The summed E-state index contributed by atoms with van der Waals surface area (Å²) in [6.07, 6.45) is -5.13. The Kier molecular flexibility index (Phi) is 3.65. The van der Waals surface area contributed by atoms with Crippen LogP contribution in [0.2, 0.25) is 0 Å². The van der Waals surface area contributed by atoms with Gasteiger partial charge in [0, 0.05) is 31.7 Å². The van der Waals surface area contributed by atoms with Crippen molar-refractivity contribution in [2.45, 2.75) is 18.6 Å². The quantitative estimate of drug-likeness (QED) is 0.744. The molecule has 0 atom stereocenters. The average Bonchev–Trinajstić information content (AvgIpc) is 2.22. The van der Waals surface area contributed by atoms with Gasteiger partial charge in [0.25, 0.3) is 0 Å². The van der Waals surface area contributed by atoms with Gasteiger partial charge in [-0.25, -0.2) is 0 Å². The maximum absolute atomic E-state index is 12.0. The first-order valence-electron chi connectivity index (χ1n) is 5.79. The molecule has 9 heteroatoms. The highest BCUT2D eigenvalue weighted by atomic mass is 19.4. The summed E-state index contributed by atoms with van der Waals surface area (Å²) in [5, 5.41) is 2.59. The molecule has 1 aliphatic rings. The van der Waals surface area contributed by atoms with Gasteiger partial charge in [-0.15, -0.1) is 0 Å². The van der Waals surface area contributed by atoms with Crippen LogP contribution in [0.5, 0.6) is 0 Å². The summed E-state index contributed by atoms with van der Waals surface area (Å²) in [5.74, 6) is 0.878. The van der Waals surface area contributed by atoms with Gasteiger partial charge in [0.2, 0.25) is 5.95 Å². The SMILES string of the molecule is Nc1nc(NCCC(F)(F)F)cc(N2CC(N)C2)n1. The van der Waals surface area contributed by atoms with Gasteiger partial charge in [-0.3, -0.25) is 0 Å². The summed E-state index contributed by atoms with van der Waals surface area (Å²) in [4.78, 5) is 9.75. The van der Waals surface area contributed by atoms with E-state index in [1.807, 2.05) is 4.90 Å². The zero-order chi connectivity index (χ0) is 14.0. The molecule has 0 radical (unpaired) electrons. The summed E-state index contributed by atoms with van der Waals surface area (Å²) in [6, 6.07) is 1.66. The standard InChI is InChI=1S/C10H15F3N6/c11-10(12,13)1-2-16-7-3-8(18-9(15)17-7)19-4-6(14)5-19/h3,6H,1-2,4-5,14H2,(H3,15,16,17,18). The highest BCUT2D eigenvalue weighted by Gasteiger charge is 2.27. The van der Waals surface area contributed by atoms with Gasteiger partial charge < -0.3 is 21.7 Å². The molecule has 5 N–H and O–H groups in total. The van der Waals surface area contributed by atoms with Crippen molar-refractivity contribution in [3.05, 3.63) is 6.07 Å². The van der Waals surface area contributed by atoms with E-state index in [0.717, 1.165) is 0 Å². The summed E-state index contributed by atoms with van der Waals surface area (Å²) >= 11 is 0. The first-order chi connectivity index (χ1) is 8.83. The summed E-state index contributed by atoms with van der Waals surface area (Å²) < 4.78 is 36.1. The van der Waals surface area contributed by atoms with Crippen molar-refractivity contribution < 1.29 is 13.2 Å². The molecule has 1 saturated heterocycles. The number of aromatic nitrogens is 2. The Bertz CT molecular complexity index is 443. The van der Waals surface area contributed by atoms with Crippen LogP contribution in [0.25, 0.3) is 0 Å². The number of hydrogen-bond acceptors (Lipinski definition) is 6. The third kappa shape index (κ3) is 3.85. The second kappa shape index (κ2) is 5.08. The first-order valence-corrected chi connectivity index (χ1v) is 5.79. The van der Waals surface area contributed by atoms with Crippen molar-refractivity contribution in [3.8, 4) is 0 Å². The molecule has 1 aromatic heterocycles. The van der Waals surface area contributed by atoms with Gasteiger partial charge in [0.05, 0.1) is 6.42 Å². The van der Waals surface area contributed by atoms with Gasteiger partial charge in [-0.1, -0.05) is 0 Å². The van der Waals surface area contributed by atoms with E-state index in [0.29, 0.717) is 18.9 Å². The van der Waals surface area contributed by atoms with Crippen LogP contribution in [-0.2, 0) is 0 Å². The molecule has 106 valence electrons. The fraction of sp³-hybridized carbons (Fsp3) is 0.600. The molecule has 2 rings (SSSR count). The van der Waals surface area contributed by atoms with E-state index in [2.05, 4.69) is 15.3 Å². The van der Waals surface area contributed by atoms with Crippen LogP contribution < -0.4 is 21.7 Å². The Balaban J connectivity index is 1.97. The molecule has 0 aliphatic carbocycles. The number of rotatable bonds is 4. The maximum atomic E-state index is 12.0. The fourth-order valence-electron chi connectivity index (χ4n) is 1.74. The smallest absolute Gasteiger partial charge is 0.370 e. The number of nitrogens with two attached hydrogens (primary N) is 2. The maximum Gasteiger partial charge on any atom is 0.390 e. The van der Waals surface area contributed by atoms with Crippen LogP contribution in [0.1, 0.15) is 6.42 Å². The Morgan fingerprint density at radius 1 is 1.37 bits per heavy atom. The highest BCUT2D eigenvalue weighted by molar-refractivity contribution is 5.54. The van der Waals surface area contributed by atoms with Crippen LogP contribution in [0.4, 0.5) is 30.8 Å². The van der Waals surface area contributed by atoms with Crippen LogP contribution in [-0.4, -0.2) is 41.8 Å². The minimum Gasteiger partial charge on any atom is -0.370 e. The van der Waals surface area contributed by atoms with E-state index in [4.69, 9.17) is 11.5 Å². The lowest BCUT2D eigenvalue weighted by atomic mass is 10.1. The predicted molar refractivity (Wildman–Crippen MR) is 65.8 cm³/mol. The Labute approximate surface area is 108 Å². The predicted octanol–water partition coefficient (Wildman–Crippen LogP) is 0.570. The lowest BCUT2D eigenvalue weighted by Crippen LogP contribution is -2.56. The molecule has 0 amide bonds. The first kappa shape index (κ1) is 13.7. The summed E-state index contributed by atoms with van der Waals surface area (Å²) in [6.45, 7) is 1.05. The second-order valence-electron chi connectivity index (χ2n) is 4.43. The highest BCUT2D eigenvalue weighted by Crippen LogP contribution is 2.22. The molecule has 0 bridgehead atoms. The molecule has 0 spiro atoms. The van der Waals surface area contributed by atoms with E-state index in [-0.39, 0.29) is 24.4 Å². The number of halogens is 3. The van der Waals surface area contributed by atoms with Crippen molar-refractivity contribution in [3.63, 3.8) is 0 Å². The zero-order valence-corrected chi connectivity index (χ0v) is 10.1. The molecule has 0 unspecified atom stereocenters. The number of nitrogens with zero attached hydrogens (tertiary/aromatic N) is 3. The van der Waals surface area contributed by atoms with E-state index >= 15 is 0 Å². The molecule has 2 heterocycles. The van der Waals surface area contributed by atoms with Crippen molar-refractivity contribution in [1.82, 2.24) is 9.97 Å².